The molecule has 0 bridgehead atoms. The van der Waals surface area contributed by atoms with E-state index in [9.17, 15) is 4.79 Å². The average molecular weight is 460 g/mol. The smallest absolute Gasteiger partial charge is 0.410 e. The molecule has 0 aliphatic heterocycles. The molecule has 2 heterocycles. The van der Waals surface area contributed by atoms with E-state index in [1.165, 1.54) is 6.33 Å². The van der Waals surface area contributed by atoms with Gasteiger partial charge >= 0.3 is 6.09 Å². The van der Waals surface area contributed by atoms with Crippen molar-refractivity contribution in [1.82, 2.24) is 35.5 Å². The number of benzene rings is 2. The quantitative estimate of drug-likeness (QED) is 0.441. The molecule has 1 N–H and O–H groups in total. The minimum Gasteiger partial charge on any atom is -0.410 e. The van der Waals surface area contributed by atoms with Crippen LogP contribution in [0.5, 0.6) is 5.75 Å². The van der Waals surface area contributed by atoms with Crippen LogP contribution in [0.3, 0.4) is 0 Å². The molecule has 10 heteroatoms. The summed E-state index contributed by atoms with van der Waals surface area (Å²) in [6.45, 7) is 5.71. The Labute approximate surface area is 197 Å². The molecule has 0 spiro atoms. The third kappa shape index (κ3) is 5.24. The number of nitrogens with zero attached hydrogens (tertiary/aromatic N) is 6. The second-order valence-electron chi connectivity index (χ2n) is 7.84. The van der Waals surface area contributed by atoms with Crippen LogP contribution in [-0.2, 0) is 4.74 Å². The Morgan fingerprint density at radius 2 is 1.76 bits per heavy atom. The van der Waals surface area contributed by atoms with Crippen LogP contribution in [0, 0.1) is 6.92 Å². The summed E-state index contributed by atoms with van der Waals surface area (Å²) in [6, 6.07) is 13.2. The van der Waals surface area contributed by atoms with Gasteiger partial charge in [-0.1, -0.05) is 29.8 Å². The Morgan fingerprint density at radius 1 is 1.03 bits per heavy atom. The van der Waals surface area contributed by atoms with Gasteiger partial charge in [-0.2, -0.15) is 4.68 Å². The fourth-order valence-corrected chi connectivity index (χ4v) is 3.34. The Bertz CT molecular complexity index is 1260. The number of aryl methyl sites for hydroxylation is 1. The van der Waals surface area contributed by atoms with Crippen molar-refractivity contribution in [3.63, 3.8) is 0 Å². The number of ether oxygens (including phenoxy) is 2. The number of rotatable bonds is 7. The van der Waals surface area contributed by atoms with Gasteiger partial charge in [0.15, 0.2) is 5.82 Å². The molecule has 0 aliphatic carbocycles. The highest BCUT2D eigenvalue weighted by Crippen LogP contribution is 2.29. The first-order valence-corrected chi connectivity index (χ1v) is 10.7. The SMILES string of the molecule is CO[C@@H](C)c1nnnn1-c1cc(OC(=O)NC(C)c2cncnc2)cc(-c2ccc(C)cc2)c1. The molecule has 1 unspecified atom stereocenters. The minimum atomic E-state index is -0.606. The van der Waals surface area contributed by atoms with Crippen LogP contribution in [0.1, 0.15) is 42.9 Å². The third-order valence-electron chi connectivity index (χ3n) is 5.36. The van der Waals surface area contributed by atoms with Crippen LogP contribution in [0.25, 0.3) is 16.8 Å². The predicted octanol–water partition coefficient (Wildman–Crippen LogP) is 3.98. The summed E-state index contributed by atoms with van der Waals surface area (Å²) in [5.74, 6) is 0.866. The van der Waals surface area contributed by atoms with E-state index in [0.29, 0.717) is 17.3 Å². The van der Waals surface area contributed by atoms with E-state index in [1.54, 1.807) is 36.3 Å². The molecule has 10 nitrogen and oxygen atoms in total. The maximum absolute atomic E-state index is 12.7. The van der Waals surface area contributed by atoms with Crippen molar-refractivity contribution >= 4 is 6.09 Å². The van der Waals surface area contributed by atoms with Gasteiger partial charge in [0.05, 0.1) is 11.7 Å². The third-order valence-corrected chi connectivity index (χ3v) is 5.36. The zero-order chi connectivity index (χ0) is 24.1. The first-order chi connectivity index (χ1) is 16.4. The van der Waals surface area contributed by atoms with Crippen LogP contribution in [0.2, 0.25) is 0 Å². The van der Waals surface area contributed by atoms with Gasteiger partial charge < -0.3 is 14.8 Å². The maximum Gasteiger partial charge on any atom is 0.413 e. The van der Waals surface area contributed by atoms with Crippen molar-refractivity contribution in [3.05, 3.63) is 78.1 Å². The van der Waals surface area contributed by atoms with Crippen molar-refractivity contribution in [1.29, 1.82) is 0 Å². The van der Waals surface area contributed by atoms with Gasteiger partial charge in [0.25, 0.3) is 0 Å². The summed E-state index contributed by atoms with van der Waals surface area (Å²) in [7, 11) is 1.59. The summed E-state index contributed by atoms with van der Waals surface area (Å²) in [6.07, 6.45) is 3.78. The number of hydrogen-bond donors (Lipinski definition) is 1. The number of amides is 1. The van der Waals surface area contributed by atoms with E-state index in [2.05, 4.69) is 30.8 Å². The molecule has 4 rings (SSSR count). The predicted molar refractivity (Wildman–Crippen MR) is 124 cm³/mol. The molecule has 34 heavy (non-hydrogen) atoms. The van der Waals surface area contributed by atoms with Crippen LogP contribution in [0.15, 0.2) is 61.2 Å². The fourth-order valence-electron chi connectivity index (χ4n) is 3.34. The zero-order valence-electron chi connectivity index (χ0n) is 19.3. The van der Waals surface area contributed by atoms with E-state index < -0.39 is 6.09 Å². The summed E-state index contributed by atoms with van der Waals surface area (Å²) in [5, 5.41) is 14.8. The van der Waals surface area contributed by atoms with E-state index in [-0.39, 0.29) is 12.1 Å². The zero-order valence-corrected chi connectivity index (χ0v) is 19.3. The van der Waals surface area contributed by atoms with Crippen molar-refractivity contribution in [3.8, 4) is 22.6 Å². The maximum atomic E-state index is 12.7. The van der Waals surface area contributed by atoms with Crippen LogP contribution < -0.4 is 10.1 Å². The molecule has 2 aromatic heterocycles. The number of methoxy groups -OCH3 is 1. The van der Waals surface area contributed by atoms with Crippen molar-refractivity contribution in [2.45, 2.75) is 32.9 Å². The molecule has 0 fully saturated rings. The topological polar surface area (TPSA) is 117 Å². The molecular weight excluding hydrogens is 434 g/mol. The highest BCUT2D eigenvalue weighted by atomic mass is 16.6. The van der Waals surface area contributed by atoms with E-state index in [0.717, 1.165) is 22.3 Å². The number of hydrogen-bond acceptors (Lipinski definition) is 8. The second kappa shape index (κ2) is 10.2. The Morgan fingerprint density at radius 3 is 2.47 bits per heavy atom. The normalized spacial score (nSPS) is 12.7. The minimum absolute atomic E-state index is 0.331. The molecular formula is C24H25N7O3. The Balaban J connectivity index is 1.67. The van der Waals surface area contributed by atoms with Crippen LogP contribution in [0.4, 0.5) is 4.79 Å². The van der Waals surface area contributed by atoms with Gasteiger partial charge in [-0.15, -0.1) is 5.10 Å². The molecule has 2 aromatic carbocycles. The molecule has 0 radical (unpaired) electrons. The fraction of sp³-hybridized carbons (Fsp3) is 0.250. The Kier molecular flexibility index (Phi) is 6.88. The summed E-state index contributed by atoms with van der Waals surface area (Å²) in [4.78, 5) is 20.6. The number of tetrazole rings is 1. The van der Waals surface area contributed by atoms with Crippen molar-refractivity contribution < 1.29 is 14.3 Å². The lowest BCUT2D eigenvalue weighted by atomic mass is 10.0. The van der Waals surface area contributed by atoms with Gasteiger partial charge in [-0.05, 0) is 54.5 Å². The Hall–Kier alpha value is -4.18. The first-order valence-electron chi connectivity index (χ1n) is 10.7. The van der Waals surface area contributed by atoms with E-state index in [1.807, 2.05) is 51.1 Å². The summed E-state index contributed by atoms with van der Waals surface area (Å²) in [5.41, 5.74) is 4.35. The lowest BCUT2D eigenvalue weighted by Crippen LogP contribution is -2.29. The molecule has 2 atom stereocenters. The van der Waals surface area contributed by atoms with Crippen LogP contribution in [-0.4, -0.2) is 43.4 Å². The van der Waals surface area contributed by atoms with Gasteiger partial charge in [-0.3, -0.25) is 0 Å². The summed E-state index contributed by atoms with van der Waals surface area (Å²) >= 11 is 0. The van der Waals surface area contributed by atoms with Gasteiger partial charge in [0, 0.05) is 31.1 Å². The highest BCUT2D eigenvalue weighted by Gasteiger charge is 2.18. The van der Waals surface area contributed by atoms with Crippen LogP contribution >= 0.6 is 0 Å². The monoisotopic (exact) mass is 459 g/mol. The van der Waals surface area contributed by atoms with Crippen molar-refractivity contribution in [2.24, 2.45) is 0 Å². The van der Waals surface area contributed by atoms with Gasteiger partial charge in [-0.25, -0.2) is 14.8 Å². The standard InChI is InChI=1S/C24H25N7O3/c1-15-5-7-18(8-6-15)19-9-21(31-23(17(3)33-4)28-29-30-31)11-22(10-19)34-24(32)27-16(2)20-12-25-14-26-13-20/h5-14,16-17H,1-4H3,(H,27,32)/t16?,17-/m0/s1. The first kappa shape index (κ1) is 23.0. The molecule has 174 valence electrons. The van der Waals surface area contributed by atoms with Crippen molar-refractivity contribution in [2.75, 3.05) is 7.11 Å². The highest BCUT2D eigenvalue weighted by molar-refractivity contribution is 5.74. The van der Waals surface area contributed by atoms with E-state index in [4.69, 9.17) is 9.47 Å². The lowest BCUT2D eigenvalue weighted by Gasteiger charge is -2.15. The number of aromatic nitrogens is 6. The molecule has 1 amide bonds. The van der Waals surface area contributed by atoms with Gasteiger partial charge in [0.2, 0.25) is 0 Å². The number of carbonyl (C=O) groups excluding carboxylic acids is 1. The number of carbonyl (C=O) groups is 1. The molecule has 0 saturated heterocycles. The molecule has 0 saturated carbocycles. The lowest BCUT2D eigenvalue weighted by molar-refractivity contribution is 0.110. The molecule has 0 aliphatic rings. The number of nitrogens with one attached hydrogen (secondary N) is 1. The second-order valence-corrected chi connectivity index (χ2v) is 7.84. The molecule has 4 aromatic rings. The van der Waals surface area contributed by atoms with Gasteiger partial charge in [0.1, 0.15) is 18.2 Å². The largest absolute Gasteiger partial charge is 0.413 e. The average Bonchev–Trinajstić information content (AvgIpc) is 3.34. The summed E-state index contributed by atoms with van der Waals surface area (Å²) < 4.78 is 12.6. The van der Waals surface area contributed by atoms with E-state index >= 15 is 0 Å².